The molecule has 0 aromatic carbocycles. The first-order valence-corrected chi connectivity index (χ1v) is 5.63. The van der Waals surface area contributed by atoms with Crippen molar-refractivity contribution in [2.75, 3.05) is 6.54 Å². The Kier molecular flexibility index (Phi) is 3.51. The maximum Gasteiger partial charge on any atom is 0.251 e. The number of aromatic nitrogens is 1. The number of hydrogen-bond acceptors (Lipinski definition) is 3. The summed E-state index contributed by atoms with van der Waals surface area (Å²) in [7, 11) is 0. The van der Waals surface area contributed by atoms with Crippen LogP contribution in [0.5, 0.6) is 0 Å². The molecule has 0 radical (unpaired) electrons. The number of carbonyl (C=O) groups excluding carboxylic acids is 1. The highest BCUT2D eigenvalue weighted by Gasteiger charge is 2.18. The lowest BCUT2D eigenvalue weighted by molar-refractivity contribution is 0.0938. The van der Waals surface area contributed by atoms with E-state index in [1.54, 1.807) is 18.3 Å². The molecule has 0 saturated heterocycles. The van der Waals surface area contributed by atoms with E-state index in [2.05, 4.69) is 10.3 Å². The summed E-state index contributed by atoms with van der Waals surface area (Å²) in [6.45, 7) is 0.624. The number of pyridine rings is 1. The van der Waals surface area contributed by atoms with Gasteiger partial charge in [0.15, 0.2) is 0 Å². The number of hydrogen-bond donors (Lipinski definition) is 2. The fourth-order valence-electron chi connectivity index (χ4n) is 1.74. The molecule has 2 rings (SSSR count). The molecule has 1 aliphatic rings. The van der Waals surface area contributed by atoms with Crippen LogP contribution in [0.25, 0.3) is 0 Å². The minimum Gasteiger partial charge on any atom is -0.390 e. The lowest BCUT2D eigenvalue weighted by Crippen LogP contribution is -2.32. The normalized spacial score (nSPS) is 15.6. The van der Waals surface area contributed by atoms with E-state index < -0.39 is 0 Å². The van der Waals surface area contributed by atoms with E-state index in [0.29, 0.717) is 17.2 Å². The van der Waals surface area contributed by atoms with Crippen molar-refractivity contribution in [2.24, 2.45) is 5.92 Å². The second-order valence-corrected chi connectivity index (χ2v) is 4.20. The summed E-state index contributed by atoms with van der Waals surface area (Å²) in [4.78, 5) is 15.7. The van der Waals surface area contributed by atoms with E-state index in [4.69, 9.17) is 5.11 Å². The van der Waals surface area contributed by atoms with Crippen LogP contribution in [-0.4, -0.2) is 22.5 Å². The predicted molar refractivity (Wildman–Crippen MR) is 59.8 cm³/mol. The number of aliphatic hydroxyl groups excluding tert-OH is 1. The zero-order valence-electron chi connectivity index (χ0n) is 9.15. The fraction of sp³-hybridized carbons (Fsp3) is 0.500. The average Bonchev–Trinajstić information content (AvgIpc) is 2.27. The van der Waals surface area contributed by atoms with Gasteiger partial charge in [0, 0.05) is 18.3 Å². The van der Waals surface area contributed by atoms with Gasteiger partial charge in [-0.2, -0.15) is 0 Å². The minimum absolute atomic E-state index is 0.0796. The second-order valence-electron chi connectivity index (χ2n) is 4.20. The third-order valence-electron chi connectivity index (χ3n) is 3.02. The maximum atomic E-state index is 11.7. The van der Waals surface area contributed by atoms with Gasteiger partial charge in [0.2, 0.25) is 0 Å². The molecule has 1 fully saturated rings. The molecule has 1 aromatic heterocycles. The number of nitrogens with zero attached hydrogens (tertiary/aromatic N) is 1. The molecule has 1 amide bonds. The van der Waals surface area contributed by atoms with Crippen LogP contribution in [-0.2, 0) is 6.61 Å². The van der Waals surface area contributed by atoms with E-state index in [0.717, 1.165) is 6.54 Å². The predicted octanol–water partition coefficient (Wildman–Crippen LogP) is 1.10. The van der Waals surface area contributed by atoms with Crippen LogP contribution in [0.3, 0.4) is 0 Å². The molecule has 0 atom stereocenters. The number of rotatable bonds is 4. The molecule has 2 N–H and O–H groups in total. The zero-order chi connectivity index (χ0) is 11.4. The summed E-state index contributed by atoms with van der Waals surface area (Å²) >= 11 is 0. The van der Waals surface area contributed by atoms with E-state index >= 15 is 0 Å². The summed E-state index contributed by atoms with van der Waals surface area (Å²) in [5, 5.41) is 11.8. The summed E-state index contributed by atoms with van der Waals surface area (Å²) in [6.07, 6.45) is 5.27. The van der Waals surface area contributed by atoms with Crippen LogP contribution in [0.1, 0.15) is 35.3 Å². The van der Waals surface area contributed by atoms with Crippen molar-refractivity contribution in [3.05, 3.63) is 29.6 Å². The third-order valence-corrected chi connectivity index (χ3v) is 3.02. The van der Waals surface area contributed by atoms with Crippen molar-refractivity contribution >= 4 is 5.91 Å². The molecular formula is C12H16N2O2. The van der Waals surface area contributed by atoms with Gasteiger partial charge in [0.25, 0.3) is 5.91 Å². The molecule has 1 saturated carbocycles. The van der Waals surface area contributed by atoms with Crippen molar-refractivity contribution in [1.82, 2.24) is 10.3 Å². The fourth-order valence-corrected chi connectivity index (χ4v) is 1.74. The molecule has 16 heavy (non-hydrogen) atoms. The van der Waals surface area contributed by atoms with Crippen LogP contribution in [0.2, 0.25) is 0 Å². The van der Waals surface area contributed by atoms with Gasteiger partial charge in [-0.1, -0.05) is 6.42 Å². The first-order chi connectivity index (χ1) is 7.79. The average molecular weight is 220 g/mol. The van der Waals surface area contributed by atoms with Crippen molar-refractivity contribution in [2.45, 2.75) is 25.9 Å². The number of nitrogens with one attached hydrogen (secondary N) is 1. The van der Waals surface area contributed by atoms with Gasteiger partial charge in [0.1, 0.15) is 0 Å². The minimum atomic E-state index is -0.135. The lowest BCUT2D eigenvalue weighted by atomic mass is 9.85. The van der Waals surface area contributed by atoms with Gasteiger partial charge >= 0.3 is 0 Å². The largest absolute Gasteiger partial charge is 0.390 e. The number of amides is 1. The summed E-state index contributed by atoms with van der Waals surface area (Å²) < 4.78 is 0. The molecule has 0 unspecified atom stereocenters. The van der Waals surface area contributed by atoms with Crippen molar-refractivity contribution < 1.29 is 9.90 Å². The van der Waals surface area contributed by atoms with Gasteiger partial charge in [-0.15, -0.1) is 0 Å². The van der Waals surface area contributed by atoms with Gasteiger partial charge in [-0.05, 0) is 30.9 Å². The smallest absolute Gasteiger partial charge is 0.251 e. The quantitative estimate of drug-likeness (QED) is 0.798. The number of carbonyl (C=O) groups is 1. The Morgan fingerprint density at radius 3 is 3.00 bits per heavy atom. The Bertz CT molecular complexity index is 375. The highest BCUT2D eigenvalue weighted by molar-refractivity contribution is 5.94. The van der Waals surface area contributed by atoms with Crippen molar-refractivity contribution in [3.63, 3.8) is 0 Å². The Morgan fingerprint density at radius 1 is 1.56 bits per heavy atom. The van der Waals surface area contributed by atoms with Crippen LogP contribution in [0.15, 0.2) is 18.3 Å². The number of aliphatic hydroxyl groups is 1. The Balaban J connectivity index is 1.91. The van der Waals surface area contributed by atoms with Crippen LogP contribution >= 0.6 is 0 Å². The van der Waals surface area contributed by atoms with Gasteiger partial charge in [0.05, 0.1) is 12.3 Å². The molecule has 4 nitrogen and oxygen atoms in total. The molecule has 1 aliphatic carbocycles. The molecule has 4 heteroatoms. The maximum absolute atomic E-state index is 11.7. The van der Waals surface area contributed by atoms with Crippen molar-refractivity contribution in [1.29, 1.82) is 0 Å². The van der Waals surface area contributed by atoms with E-state index in [-0.39, 0.29) is 12.5 Å². The first-order valence-electron chi connectivity index (χ1n) is 5.63. The van der Waals surface area contributed by atoms with E-state index in [1.807, 2.05) is 0 Å². The monoisotopic (exact) mass is 220 g/mol. The SMILES string of the molecule is O=C(NCC1CCC1)c1ccnc(CO)c1. The second kappa shape index (κ2) is 5.07. The van der Waals surface area contributed by atoms with Gasteiger partial charge in [-0.3, -0.25) is 9.78 Å². The first kappa shape index (κ1) is 11.1. The van der Waals surface area contributed by atoms with Gasteiger partial charge in [-0.25, -0.2) is 0 Å². The molecule has 0 bridgehead atoms. The molecule has 86 valence electrons. The summed E-state index contributed by atoms with van der Waals surface area (Å²) in [6, 6.07) is 3.28. The molecule has 1 heterocycles. The zero-order valence-corrected chi connectivity index (χ0v) is 9.15. The highest BCUT2D eigenvalue weighted by Crippen LogP contribution is 2.25. The Morgan fingerprint density at radius 2 is 2.38 bits per heavy atom. The van der Waals surface area contributed by atoms with Crippen LogP contribution in [0.4, 0.5) is 0 Å². The molecule has 1 aromatic rings. The Labute approximate surface area is 94.7 Å². The van der Waals surface area contributed by atoms with E-state index in [1.165, 1.54) is 19.3 Å². The summed E-state index contributed by atoms with van der Waals surface area (Å²) in [5.41, 5.74) is 1.09. The Hall–Kier alpha value is -1.42. The van der Waals surface area contributed by atoms with Crippen LogP contribution < -0.4 is 5.32 Å². The van der Waals surface area contributed by atoms with Gasteiger partial charge < -0.3 is 10.4 Å². The molecule has 0 aliphatic heterocycles. The topological polar surface area (TPSA) is 62.2 Å². The lowest BCUT2D eigenvalue weighted by Gasteiger charge is -2.25. The summed E-state index contributed by atoms with van der Waals surface area (Å²) in [5.74, 6) is 0.576. The molecule has 0 spiro atoms. The third kappa shape index (κ3) is 2.58. The highest BCUT2D eigenvalue weighted by atomic mass is 16.3. The standard InChI is InChI=1S/C12H16N2O2/c15-8-11-6-10(4-5-13-11)12(16)14-7-9-2-1-3-9/h4-6,9,15H,1-3,7-8H2,(H,14,16). The van der Waals surface area contributed by atoms with E-state index in [9.17, 15) is 4.79 Å². The molecular weight excluding hydrogens is 204 g/mol. The van der Waals surface area contributed by atoms with Crippen LogP contribution in [0, 0.1) is 5.92 Å². The van der Waals surface area contributed by atoms with Crippen molar-refractivity contribution in [3.8, 4) is 0 Å².